The second-order valence-corrected chi connectivity index (χ2v) is 4.79. The zero-order valence-corrected chi connectivity index (χ0v) is 11.0. The number of rotatable bonds is 2. The van der Waals surface area contributed by atoms with Crippen molar-refractivity contribution in [2.75, 3.05) is 32.7 Å². The number of hydrogen-bond acceptors (Lipinski definition) is 3. The molecule has 1 aromatic carbocycles. The van der Waals surface area contributed by atoms with Gasteiger partial charge < -0.3 is 4.90 Å². The third-order valence-corrected chi connectivity index (χ3v) is 3.35. The summed E-state index contributed by atoms with van der Waals surface area (Å²) < 4.78 is 13.7. The topological polar surface area (TPSA) is 47.3 Å². The van der Waals surface area contributed by atoms with Gasteiger partial charge in [0.15, 0.2) is 0 Å². The van der Waals surface area contributed by atoms with E-state index in [1.807, 2.05) is 4.90 Å². The summed E-state index contributed by atoms with van der Waals surface area (Å²) in [6.07, 6.45) is 0. The molecule has 1 heterocycles. The lowest BCUT2D eigenvalue weighted by Gasteiger charge is -2.33. The minimum absolute atomic E-state index is 0.0399. The summed E-state index contributed by atoms with van der Waals surface area (Å²) in [6.45, 7) is 2.63. The number of carbonyl (C=O) groups excluding carboxylic acids is 1. The Morgan fingerprint density at radius 3 is 2.63 bits per heavy atom. The maximum Gasteiger partial charge on any atom is 0.256 e. The largest absolute Gasteiger partial charge is 0.336 e. The van der Waals surface area contributed by atoms with Gasteiger partial charge >= 0.3 is 0 Å². The van der Waals surface area contributed by atoms with Gasteiger partial charge in [-0.1, -0.05) is 11.6 Å². The number of amides is 1. The number of carbonyl (C=O) groups is 1. The predicted octanol–water partition coefficient (Wildman–Crippen LogP) is 1.76. The highest BCUT2D eigenvalue weighted by molar-refractivity contribution is 6.30. The summed E-state index contributed by atoms with van der Waals surface area (Å²) in [5.74, 6) is -0.928. The Labute approximate surface area is 116 Å². The highest BCUT2D eigenvalue weighted by Crippen LogP contribution is 2.17. The van der Waals surface area contributed by atoms with Crippen molar-refractivity contribution < 1.29 is 9.18 Å². The molecule has 1 saturated heterocycles. The number of benzene rings is 1. The van der Waals surface area contributed by atoms with Gasteiger partial charge in [-0.2, -0.15) is 5.26 Å². The number of hydrogen-bond donors (Lipinski definition) is 0. The van der Waals surface area contributed by atoms with Gasteiger partial charge in [0.1, 0.15) is 5.82 Å². The van der Waals surface area contributed by atoms with E-state index in [1.54, 1.807) is 4.90 Å². The van der Waals surface area contributed by atoms with Gasteiger partial charge in [-0.25, -0.2) is 4.39 Å². The minimum Gasteiger partial charge on any atom is -0.336 e. The Bertz CT molecular complexity index is 521. The number of nitriles is 1. The van der Waals surface area contributed by atoms with E-state index in [0.717, 1.165) is 6.07 Å². The minimum atomic E-state index is -0.600. The van der Waals surface area contributed by atoms with E-state index in [-0.39, 0.29) is 16.5 Å². The second-order valence-electron chi connectivity index (χ2n) is 4.35. The van der Waals surface area contributed by atoms with Gasteiger partial charge in [0, 0.05) is 31.2 Å². The molecule has 19 heavy (non-hydrogen) atoms. The van der Waals surface area contributed by atoms with Crippen molar-refractivity contribution >= 4 is 17.5 Å². The molecule has 0 bridgehead atoms. The van der Waals surface area contributed by atoms with E-state index < -0.39 is 5.82 Å². The lowest BCUT2D eigenvalue weighted by molar-refractivity contribution is 0.0647. The molecule has 0 aliphatic carbocycles. The van der Waals surface area contributed by atoms with Gasteiger partial charge in [-0.3, -0.25) is 9.69 Å². The van der Waals surface area contributed by atoms with Crippen LogP contribution in [-0.2, 0) is 0 Å². The van der Waals surface area contributed by atoms with Crippen molar-refractivity contribution in [3.8, 4) is 6.07 Å². The molecule has 1 fully saturated rings. The first-order chi connectivity index (χ1) is 9.11. The van der Waals surface area contributed by atoms with Gasteiger partial charge in [0.05, 0.1) is 18.2 Å². The van der Waals surface area contributed by atoms with Crippen LogP contribution in [0.4, 0.5) is 4.39 Å². The van der Waals surface area contributed by atoms with Crippen molar-refractivity contribution in [3.05, 3.63) is 34.6 Å². The zero-order chi connectivity index (χ0) is 13.8. The van der Waals surface area contributed by atoms with Crippen molar-refractivity contribution in [3.63, 3.8) is 0 Å². The van der Waals surface area contributed by atoms with Crippen molar-refractivity contribution in [2.45, 2.75) is 0 Å². The third-order valence-electron chi connectivity index (χ3n) is 3.12. The molecule has 0 atom stereocenters. The summed E-state index contributed by atoms with van der Waals surface area (Å²) in [5.41, 5.74) is 0.0399. The summed E-state index contributed by atoms with van der Waals surface area (Å²) in [4.78, 5) is 15.7. The van der Waals surface area contributed by atoms with Gasteiger partial charge in [0.2, 0.25) is 0 Å². The van der Waals surface area contributed by atoms with E-state index in [1.165, 1.54) is 12.1 Å². The molecule has 100 valence electrons. The standard InChI is InChI=1S/C13H13ClFN3O/c14-10-1-2-11(12(15)9-10)13(19)18-7-5-17(4-3-16)6-8-18/h1-2,9H,4-8H2. The van der Waals surface area contributed by atoms with Crippen LogP contribution in [0, 0.1) is 17.1 Å². The van der Waals surface area contributed by atoms with E-state index in [9.17, 15) is 9.18 Å². The van der Waals surface area contributed by atoms with Gasteiger partial charge in [0.25, 0.3) is 5.91 Å². The Hall–Kier alpha value is -1.64. The lowest BCUT2D eigenvalue weighted by Crippen LogP contribution is -2.48. The number of piperazine rings is 1. The Kier molecular flexibility index (Phi) is 4.35. The molecule has 0 aromatic heterocycles. The summed E-state index contributed by atoms with van der Waals surface area (Å²) in [5, 5.41) is 8.87. The summed E-state index contributed by atoms with van der Waals surface area (Å²) in [6, 6.07) is 6.12. The quantitative estimate of drug-likeness (QED) is 0.776. The molecule has 1 aromatic rings. The van der Waals surface area contributed by atoms with Crippen LogP contribution < -0.4 is 0 Å². The molecule has 0 unspecified atom stereocenters. The highest BCUT2D eigenvalue weighted by Gasteiger charge is 2.23. The Morgan fingerprint density at radius 1 is 1.37 bits per heavy atom. The first-order valence-corrected chi connectivity index (χ1v) is 6.33. The van der Waals surface area contributed by atoms with Crippen LogP contribution in [0.1, 0.15) is 10.4 Å². The molecule has 1 aliphatic rings. The molecule has 0 saturated carbocycles. The van der Waals surface area contributed by atoms with Gasteiger partial charge in [-0.15, -0.1) is 0 Å². The van der Waals surface area contributed by atoms with E-state index in [4.69, 9.17) is 16.9 Å². The average Bonchev–Trinajstić information content (AvgIpc) is 2.39. The van der Waals surface area contributed by atoms with E-state index in [0.29, 0.717) is 32.7 Å². The number of nitrogens with zero attached hydrogens (tertiary/aromatic N) is 3. The smallest absolute Gasteiger partial charge is 0.256 e. The fraction of sp³-hybridized carbons (Fsp3) is 0.385. The van der Waals surface area contributed by atoms with E-state index >= 15 is 0 Å². The first-order valence-electron chi connectivity index (χ1n) is 5.95. The SMILES string of the molecule is N#CCN1CCN(C(=O)c2ccc(Cl)cc2F)CC1. The monoisotopic (exact) mass is 281 g/mol. The zero-order valence-electron chi connectivity index (χ0n) is 10.3. The predicted molar refractivity (Wildman–Crippen MR) is 69.4 cm³/mol. The molecule has 4 nitrogen and oxygen atoms in total. The van der Waals surface area contributed by atoms with Crippen LogP contribution in [0.5, 0.6) is 0 Å². The van der Waals surface area contributed by atoms with E-state index in [2.05, 4.69) is 6.07 Å². The molecule has 2 rings (SSSR count). The molecule has 0 spiro atoms. The fourth-order valence-corrected chi connectivity index (χ4v) is 2.20. The average molecular weight is 282 g/mol. The first kappa shape index (κ1) is 13.8. The van der Waals surface area contributed by atoms with Crippen molar-refractivity contribution in [2.24, 2.45) is 0 Å². The maximum absolute atomic E-state index is 13.7. The van der Waals surface area contributed by atoms with Crippen LogP contribution in [0.15, 0.2) is 18.2 Å². The van der Waals surface area contributed by atoms with Crippen molar-refractivity contribution in [1.29, 1.82) is 5.26 Å². The second kappa shape index (κ2) is 6.00. The molecule has 0 N–H and O–H groups in total. The fourth-order valence-electron chi connectivity index (χ4n) is 2.04. The highest BCUT2D eigenvalue weighted by atomic mass is 35.5. The lowest BCUT2D eigenvalue weighted by atomic mass is 10.1. The maximum atomic E-state index is 13.7. The molecule has 1 aliphatic heterocycles. The van der Waals surface area contributed by atoms with Crippen LogP contribution in [0.3, 0.4) is 0 Å². The molecule has 0 radical (unpaired) electrons. The molecular formula is C13H13ClFN3O. The Morgan fingerprint density at radius 2 is 2.05 bits per heavy atom. The number of halogens is 2. The van der Waals surface area contributed by atoms with Crippen LogP contribution in [0.25, 0.3) is 0 Å². The van der Waals surface area contributed by atoms with Crippen molar-refractivity contribution in [1.82, 2.24) is 9.80 Å². The molecule has 1 amide bonds. The van der Waals surface area contributed by atoms with Crippen LogP contribution in [-0.4, -0.2) is 48.4 Å². The summed E-state index contributed by atoms with van der Waals surface area (Å²) >= 11 is 5.66. The van der Waals surface area contributed by atoms with Crippen LogP contribution in [0.2, 0.25) is 5.02 Å². The summed E-state index contributed by atoms with van der Waals surface area (Å²) in [7, 11) is 0. The Balaban J connectivity index is 2.03. The molecular weight excluding hydrogens is 269 g/mol. The van der Waals surface area contributed by atoms with Gasteiger partial charge in [-0.05, 0) is 18.2 Å². The third kappa shape index (κ3) is 3.22. The van der Waals surface area contributed by atoms with Crippen LogP contribution >= 0.6 is 11.6 Å². The molecule has 6 heteroatoms. The normalized spacial score (nSPS) is 16.2.